The SMILES string of the molecule is CC1=C(C(=O)Nc2cccc(C)c2)C(c2cccc(Br)c2)n2ncnc2N1. The summed E-state index contributed by atoms with van der Waals surface area (Å²) in [5, 5.41) is 10.5. The number of amides is 1. The summed E-state index contributed by atoms with van der Waals surface area (Å²) in [6.45, 7) is 3.88. The number of nitrogens with one attached hydrogen (secondary N) is 2. The van der Waals surface area contributed by atoms with E-state index in [-0.39, 0.29) is 11.9 Å². The maximum Gasteiger partial charge on any atom is 0.255 e. The van der Waals surface area contributed by atoms with E-state index in [0.29, 0.717) is 11.5 Å². The lowest BCUT2D eigenvalue weighted by Gasteiger charge is -2.28. The molecule has 1 unspecified atom stereocenters. The number of anilines is 2. The van der Waals surface area contributed by atoms with Gasteiger partial charge in [0.15, 0.2) is 0 Å². The van der Waals surface area contributed by atoms with E-state index in [1.807, 2.05) is 62.4 Å². The van der Waals surface area contributed by atoms with E-state index < -0.39 is 0 Å². The Labute approximate surface area is 165 Å². The molecule has 136 valence electrons. The van der Waals surface area contributed by atoms with Gasteiger partial charge in [0.1, 0.15) is 12.4 Å². The average Bonchev–Trinajstić information content (AvgIpc) is 3.08. The Hall–Kier alpha value is -2.93. The molecular formula is C20H18BrN5O. The Morgan fingerprint density at radius 3 is 2.78 bits per heavy atom. The first-order chi connectivity index (χ1) is 13.0. The Morgan fingerprint density at radius 2 is 2.00 bits per heavy atom. The molecule has 1 aromatic heterocycles. The Kier molecular flexibility index (Phi) is 4.53. The van der Waals surface area contributed by atoms with Crippen LogP contribution in [0, 0.1) is 6.92 Å². The first-order valence-corrected chi connectivity index (χ1v) is 9.33. The molecule has 2 N–H and O–H groups in total. The van der Waals surface area contributed by atoms with Crippen LogP contribution in [0.2, 0.25) is 0 Å². The predicted molar refractivity (Wildman–Crippen MR) is 108 cm³/mol. The van der Waals surface area contributed by atoms with Crippen molar-refractivity contribution in [3.63, 3.8) is 0 Å². The predicted octanol–water partition coefficient (Wildman–Crippen LogP) is 4.28. The van der Waals surface area contributed by atoms with Crippen LogP contribution in [-0.2, 0) is 4.79 Å². The minimum atomic E-state index is -0.369. The van der Waals surface area contributed by atoms with Gasteiger partial charge >= 0.3 is 0 Å². The lowest BCUT2D eigenvalue weighted by atomic mass is 9.95. The van der Waals surface area contributed by atoms with Crippen molar-refractivity contribution in [3.8, 4) is 0 Å². The van der Waals surface area contributed by atoms with Gasteiger partial charge in [0.05, 0.1) is 5.57 Å². The first kappa shape index (κ1) is 17.5. The Morgan fingerprint density at radius 1 is 1.19 bits per heavy atom. The second-order valence-electron chi connectivity index (χ2n) is 6.47. The van der Waals surface area contributed by atoms with Gasteiger partial charge in [-0.05, 0) is 49.2 Å². The van der Waals surface area contributed by atoms with Crippen LogP contribution in [-0.4, -0.2) is 20.7 Å². The third-order valence-corrected chi connectivity index (χ3v) is 4.97. The van der Waals surface area contributed by atoms with Crippen molar-refractivity contribution in [2.75, 3.05) is 10.6 Å². The molecule has 7 heteroatoms. The highest BCUT2D eigenvalue weighted by Gasteiger charge is 2.33. The normalized spacial score (nSPS) is 15.9. The van der Waals surface area contributed by atoms with Gasteiger partial charge in [-0.25, -0.2) is 4.68 Å². The van der Waals surface area contributed by atoms with Crippen molar-refractivity contribution in [2.45, 2.75) is 19.9 Å². The third kappa shape index (κ3) is 3.38. The lowest BCUT2D eigenvalue weighted by molar-refractivity contribution is -0.113. The highest BCUT2D eigenvalue weighted by atomic mass is 79.9. The molecule has 0 saturated heterocycles. The zero-order valence-electron chi connectivity index (χ0n) is 14.9. The molecule has 2 aromatic carbocycles. The van der Waals surface area contributed by atoms with Gasteiger partial charge in [-0.2, -0.15) is 10.1 Å². The molecule has 0 saturated carbocycles. The summed E-state index contributed by atoms with van der Waals surface area (Å²) in [5.41, 5.74) is 4.16. The molecule has 1 atom stereocenters. The molecule has 1 aliphatic heterocycles. The molecular weight excluding hydrogens is 406 g/mol. The maximum absolute atomic E-state index is 13.2. The number of aryl methyl sites for hydroxylation is 1. The van der Waals surface area contributed by atoms with E-state index >= 15 is 0 Å². The van der Waals surface area contributed by atoms with Crippen LogP contribution in [0.5, 0.6) is 0 Å². The Balaban J connectivity index is 1.77. The van der Waals surface area contributed by atoms with Crippen LogP contribution in [0.15, 0.2) is 70.6 Å². The van der Waals surface area contributed by atoms with Crippen molar-refractivity contribution >= 4 is 33.5 Å². The largest absolute Gasteiger partial charge is 0.328 e. The lowest BCUT2D eigenvalue weighted by Crippen LogP contribution is -2.31. The molecule has 0 fully saturated rings. The highest BCUT2D eigenvalue weighted by molar-refractivity contribution is 9.10. The summed E-state index contributed by atoms with van der Waals surface area (Å²) in [6, 6.07) is 15.3. The molecule has 1 aliphatic rings. The second kappa shape index (κ2) is 7.00. The number of allylic oxidation sites excluding steroid dienone is 1. The van der Waals surface area contributed by atoms with E-state index in [1.165, 1.54) is 6.33 Å². The van der Waals surface area contributed by atoms with Gasteiger partial charge in [0.2, 0.25) is 5.95 Å². The summed E-state index contributed by atoms with van der Waals surface area (Å²) in [5.74, 6) is 0.446. The van der Waals surface area contributed by atoms with E-state index in [1.54, 1.807) is 4.68 Å². The average molecular weight is 424 g/mol. The van der Waals surface area contributed by atoms with E-state index in [4.69, 9.17) is 0 Å². The minimum absolute atomic E-state index is 0.170. The van der Waals surface area contributed by atoms with Crippen molar-refractivity contribution in [2.24, 2.45) is 0 Å². The fraction of sp³-hybridized carbons (Fsp3) is 0.150. The van der Waals surface area contributed by atoms with Crippen LogP contribution < -0.4 is 10.6 Å². The fourth-order valence-corrected chi connectivity index (χ4v) is 3.71. The molecule has 2 heterocycles. The van der Waals surface area contributed by atoms with Gasteiger partial charge in [0.25, 0.3) is 5.91 Å². The number of hydrogen-bond donors (Lipinski definition) is 2. The molecule has 0 radical (unpaired) electrons. The van der Waals surface area contributed by atoms with Crippen molar-refractivity contribution < 1.29 is 4.79 Å². The quantitative estimate of drug-likeness (QED) is 0.659. The fourth-order valence-electron chi connectivity index (χ4n) is 3.29. The van der Waals surface area contributed by atoms with Crippen LogP contribution in [0.25, 0.3) is 0 Å². The van der Waals surface area contributed by atoms with Crippen molar-refractivity contribution in [3.05, 3.63) is 81.7 Å². The highest BCUT2D eigenvalue weighted by Crippen LogP contribution is 2.35. The number of fused-ring (bicyclic) bond motifs is 1. The molecule has 1 amide bonds. The summed E-state index contributed by atoms with van der Waals surface area (Å²) in [4.78, 5) is 17.5. The van der Waals surface area contributed by atoms with Crippen molar-refractivity contribution in [1.29, 1.82) is 0 Å². The van der Waals surface area contributed by atoms with E-state index in [9.17, 15) is 4.79 Å². The van der Waals surface area contributed by atoms with Crippen LogP contribution in [0.4, 0.5) is 11.6 Å². The molecule has 0 spiro atoms. The van der Waals surface area contributed by atoms with Crippen LogP contribution in [0.3, 0.4) is 0 Å². The number of rotatable bonds is 3. The number of carbonyl (C=O) groups excluding carboxylic acids is 1. The van der Waals surface area contributed by atoms with Gasteiger partial charge in [0, 0.05) is 15.9 Å². The standard InChI is InChI=1S/C20H18BrN5O/c1-12-5-3-8-16(9-12)25-19(27)17-13(2)24-20-22-11-23-26(20)18(17)14-6-4-7-15(21)10-14/h3-11,18H,1-2H3,(H,25,27)(H,22,23,24). The number of carbonyl (C=O) groups is 1. The summed E-state index contributed by atoms with van der Waals surface area (Å²) in [7, 11) is 0. The summed E-state index contributed by atoms with van der Waals surface area (Å²) < 4.78 is 2.68. The van der Waals surface area contributed by atoms with Crippen LogP contribution in [0.1, 0.15) is 24.1 Å². The topological polar surface area (TPSA) is 71.8 Å². The molecule has 27 heavy (non-hydrogen) atoms. The minimum Gasteiger partial charge on any atom is -0.328 e. The first-order valence-electron chi connectivity index (χ1n) is 8.54. The maximum atomic E-state index is 13.2. The van der Waals surface area contributed by atoms with Gasteiger partial charge in [-0.1, -0.05) is 40.2 Å². The molecule has 4 rings (SSSR count). The van der Waals surface area contributed by atoms with Crippen LogP contribution >= 0.6 is 15.9 Å². The Bertz CT molecular complexity index is 1060. The smallest absolute Gasteiger partial charge is 0.255 e. The van der Waals surface area contributed by atoms with Gasteiger partial charge < -0.3 is 10.6 Å². The molecule has 3 aromatic rings. The van der Waals surface area contributed by atoms with Crippen molar-refractivity contribution in [1.82, 2.24) is 14.8 Å². The number of hydrogen-bond acceptors (Lipinski definition) is 4. The molecule has 0 bridgehead atoms. The van der Waals surface area contributed by atoms with E-state index in [0.717, 1.165) is 27.0 Å². The monoisotopic (exact) mass is 423 g/mol. The second-order valence-corrected chi connectivity index (χ2v) is 7.39. The zero-order valence-corrected chi connectivity index (χ0v) is 16.5. The number of nitrogens with zero attached hydrogens (tertiary/aromatic N) is 3. The number of halogens is 1. The zero-order chi connectivity index (χ0) is 19.0. The summed E-state index contributed by atoms with van der Waals surface area (Å²) in [6.07, 6.45) is 1.49. The van der Waals surface area contributed by atoms with Gasteiger partial charge in [-0.3, -0.25) is 4.79 Å². The molecule has 0 aliphatic carbocycles. The van der Waals surface area contributed by atoms with E-state index in [2.05, 4.69) is 36.6 Å². The third-order valence-electron chi connectivity index (χ3n) is 4.48. The number of aromatic nitrogens is 3. The number of benzene rings is 2. The summed E-state index contributed by atoms with van der Waals surface area (Å²) >= 11 is 3.52. The van der Waals surface area contributed by atoms with Gasteiger partial charge in [-0.15, -0.1) is 0 Å². The molecule has 6 nitrogen and oxygen atoms in total.